The molecule has 0 saturated heterocycles. The first-order chi connectivity index (χ1) is 11.4. The van der Waals surface area contributed by atoms with E-state index in [-0.39, 0.29) is 5.15 Å². The average molecular weight is 362 g/mol. The maximum atomic E-state index is 9.02. The predicted octanol–water partition coefficient (Wildman–Crippen LogP) is 4.00. The third kappa shape index (κ3) is 3.85. The van der Waals surface area contributed by atoms with Crippen LogP contribution in [0.2, 0.25) is 5.15 Å². The molecule has 0 N–H and O–H groups in total. The Morgan fingerprint density at radius 1 is 1.38 bits per heavy atom. The lowest BCUT2D eigenvalue weighted by Gasteiger charge is -2.27. The van der Waals surface area contributed by atoms with Crippen LogP contribution < -0.4 is 4.90 Å². The van der Waals surface area contributed by atoms with Crippen LogP contribution in [0.5, 0.6) is 0 Å². The van der Waals surface area contributed by atoms with Crippen LogP contribution >= 0.6 is 22.9 Å². The molecule has 0 radical (unpaired) electrons. The first-order valence-electron chi connectivity index (χ1n) is 8.01. The molecule has 1 aliphatic rings. The molecule has 0 fully saturated rings. The van der Waals surface area contributed by atoms with Crippen molar-refractivity contribution < 1.29 is 0 Å². The quantitative estimate of drug-likeness (QED) is 0.826. The second-order valence-electron chi connectivity index (χ2n) is 7.22. The van der Waals surface area contributed by atoms with E-state index in [4.69, 9.17) is 21.8 Å². The normalized spacial score (nSPS) is 14.4. The van der Waals surface area contributed by atoms with Gasteiger partial charge in [-0.2, -0.15) is 5.26 Å². The van der Waals surface area contributed by atoms with Gasteiger partial charge in [-0.25, -0.2) is 15.0 Å². The second kappa shape index (κ2) is 6.66. The first-order valence-corrected chi connectivity index (χ1v) is 9.20. The number of anilines is 1. The molecule has 7 heteroatoms. The minimum atomic E-state index is 0.289. The molecular weight excluding hydrogens is 342 g/mol. The topological polar surface area (TPSA) is 65.7 Å². The highest BCUT2D eigenvalue weighted by Gasteiger charge is 2.22. The van der Waals surface area contributed by atoms with Gasteiger partial charge in [0.1, 0.15) is 16.8 Å². The third-order valence-electron chi connectivity index (χ3n) is 4.03. The van der Waals surface area contributed by atoms with Crippen LogP contribution in [0.15, 0.2) is 6.20 Å². The van der Waals surface area contributed by atoms with Crippen molar-refractivity contribution in [3.05, 3.63) is 33.3 Å². The summed E-state index contributed by atoms with van der Waals surface area (Å²) in [6, 6.07) is 2.08. The van der Waals surface area contributed by atoms with Crippen molar-refractivity contribution in [2.75, 3.05) is 11.4 Å². The van der Waals surface area contributed by atoms with Gasteiger partial charge < -0.3 is 4.90 Å². The van der Waals surface area contributed by atoms with Crippen molar-refractivity contribution in [1.82, 2.24) is 15.0 Å². The van der Waals surface area contributed by atoms with E-state index in [1.807, 2.05) is 6.20 Å². The number of halogens is 1. The molecule has 0 amide bonds. The Balaban J connectivity index is 1.73. The Bertz CT molecular complexity index is 787. The first kappa shape index (κ1) is 17.1. The van der Waals surface area contributed by atoms with Gasteiger partial charge in [0.25, 0.3) is 0 Å². The molecule has 0 unspecified atom stereocenters. The molecule has 5 nitrogen and oxygen atoms in total. The molecule has 24 heavy (non-hydrogen) atoms. The Kier molecular flexibility index (Phi) is 4.75. The molecule has 0 atom stereocenters. The number of hydrogen-bond acceptors (Lipinski definition) is 6. The zero-order valence-electron chi connectivity index (χ0n) is 14.1. The zero-order chi connectivity index (χ0) is 17.3. The molecule has 1 aliphatic heterocycles. The molecular formula is C17H20ClN5S. The summed E-state index contributed by atoms with van der Waals surface area (Å²) in [5.74, 6) is 0.932. The summed E-state index contributed by atoms with van der Waals surface area (Å²) in [6.45, 7) is 8.24. The fourth-order valence-corrected chi connectivity index (χ4v) is 3.69. The summed E-state index contributed by atoms with van der Waals surface area (Å²) in [4.78, 5) is 16.2. The van der Waals surface area contributed by atoms with Gasteiger partial charge in [0, 0.05) is 37.7 Å². The van der Waals surface area contributed by atoms with E-state index in [9.17, 15) is 0 Å². The molecule has 2 aromatic rings. The lowest BCUT2D eigenvalue weighted by Crippen LogP contribution is -2.31. The third-order valence-corrected chi connectivity index (χ3v) is 5.44. The number of fused-ring (bicyclic) bond motifs is 1. The van der Waals surface area contributed by atoms with E-state index in [0.717, 1.165) is 48.0 Å². The molecule has 3 rings (SSSR count). The number of nitriles is 1. The minimum absolute atomic E-state index is 0.289. The SMILES string of the molecule is CC(C)(C)CCc1ncc2c(n1)CCN(c1nc(Cl)c(C#N)s1)C2. The monoisotopic (exact) mass is 361 g/mol. The van der Waals surface area contributed by atoms with Crippen LogP contribution in [0.3, 0.4) is 0 Å². The van der Waals surface area contributed by atoms with Crippen LogP contribution in [0.1, 0.15) is 49.2 Å². The highest BCUT2D eigenvalue weighted by Crippen LogP contribution is 2.31. The minimum Gasteiger partial charge on any atom is -0.343 e. The van der Waals surface area contributed by atoms with Gasteiger partial charge in [0.05, 0.1) is 5.69 Å². The Hall–Kier alpha value is -1.71. The number of hydrogen-bond donors (Lipinski definition) is 0. The number of aromatic nitrogens is 3. The summed E-state index contributed by atoms with van der Waals surface area (Å²) in [5, 5.41) is 10.1. The molecule has 2 aromatic heterocycles. The van der Waals surface area contributed by atoms with Gasteiger partial charge in [0.15, 0.2) is 10.3 Å². The Morgan fingerprint density at radius 3 is 2.83 bits per heavy atom. The maximum absolute atomic E-state index is 9.02. The van der Waals surface area contributed by atoms with Crippen molar-refractivity contribution in [2.45, 2.75) is 46.6 Å². The second-order valence-corrected chi connectivity index (χ2v) is 8.55. The molecule has 0 bridgehead atoms. The van der Waals surface area contributed by atoms with Gasteiger partial charge >= 0.3 is 0 Å². The molecule has 0 aromatic carbocycles. The van der Waals surface area contributed by atoms with E-state index in [1.54, 1.807) is 0 Å². The van der Waals surface area contributed by atoms with Gasteiger partial charge in [-0.15, -0.1) is 0 Å². The average Bonchev–Trinajstić information content (AvgIpc) is 2.92. The van der Waals surface area contributed by atoms with Crippen molar-refractivity contribution >= 4 is 28.1 Å². The van der Waals surface area contributed by atoms with Crippen molar-refractivity contribution in [3.8, 4) is 6.07 Å². The number of aryl methyl sites for hydroxylation is 1. The van der Waals surface area contributed by atoms with E-state index < -0.39 is 0 Å². The summed E-state index contributed by atoms with van der Waals surface area (Å²) in [7, 11) is 0. The van der Waals surface area contributed by atoms with E-state index in [0.29, 0.717) is 16.8 Å². The molecule has 3 heterocycles. The van der Waals surface area contributed by atoms with E-state index in [2.05, 4.69) is 41.7 Å². The highest BCUT2D eigenvalue weighted by atomic mass is 35.5. The van der Waals surface area contributed by atoms with Crippen molar-refractivity contribution in [1.29, 1.82) is 5.26 Å². The smallest absolute Gasteiger partial charge is 0.188 e. The van der Waals surface area contributed by atoms with Crippen LogP contribution in [0, 0.1) is 16.7 Å². The van der Waals surface area contributed by atoms with E-state index in [1.165, 1.54) is 11.3 Å². The van der Waals surface area contributed by atoms with Crippen molar-refractivity contribution in [2.24, 2.45) is 5.41 Å². The van der Waals surface area contributed by atoms with E-state index >= 15 is 0 Å². The largest absolute Gasteiger partial charge is 0.343 e. The lowest BCUT2D eigenvalue weighted by molar-refractivity contribution is 0.374. The van der Waals surface area contributed by atoms with Crippen molar-refractivity contribution in [3.63, 3.8) is 0 Å². The maximum Gasteiger partial charge on any atom is 0.188 e. The van der Waals surface area contributed by atoms with Crippen LogP contribution in [-0.4, -0.2) is 21.5 Å². The fourth-order valence-electron chi connectivity index (χ4n) is 2.62. The summed E-state index contributed by atoms with van der Waals surface area (Å²) >= 11 is 7.32. The standard InChI is InChI=1S/C17H20ClN5S/c1-17(2,3)6-4-14-20-9-11-10-23(7-5-12(11)21-14)16-22-15(18)13(8-19)24-16/h9H,4-7,10H2,1-3H3. The summed E-state index contributed by atoms with van der Waals surface area (Å²) in [5.41, 5.74) is 2.55. The predicted molar refractivity (Wildman–Crippen MR) is 96.4 cm³/mol. The van der Waals surface area contributed by atoms with Crippen LogP contribution in [0.25, 0.3) is 0 Å². The van der Waals surface area contributed by atoms with Gasteiger partial charge in [0.2, 0.25) is 0 Å². The molecule has 0 saturated carbocycles. The highest BCUT2D eigenvalue weighted by molar-refractivity contribution is 7.16. The van der Waals surface area contributed by atoms with Gasteiger partial charge in [-0.3, -0.25) is 0 Å². The lowest BCUT2D eigenvalue weighted by atomic mass is 9.90. The van der Waals surface area contributed by atoms with Crippen LogP contribution in [0.4, 0.5) is 5.13 Å². The van der Waals surface area contributed by atoms with Gasteiger partial charge in [-0.1, -0.05) is 43.7 Å². The number of nitrogens with zero attached hydrogens (tertiary/aromatic N) is 5. The zero-order valence-corrected chi connectivity index (χ0v) is 15.7. The number of thiazole rings is 1. The molecule has 0 aliphatic carbocycles. The number of rotatable bonds is 3. The van der Waals surface area contributed by atoms with Gasteiger partial charge in [-0.05, 0) is 11.8 Å². The fraction of sp³-hybridized carbons (Fsp3) is 0.529. The van der Waals surface area contributed by atoms with Crippen LogP contribution in [-0.2, 0) is 19.4 Å². The Morgan fingerprint density at radius 2 is 2.17 bits per heavy atom. The molecule has 0 spiro atoms. The summed E-state index contributed by atoms with van der Waals surface area (Å²) in [6.07, 6.45) is 4.78. The molecule has 126 valence electrons. The Labute approximate surface area is 151 Å². The summed E-state index contributed by atoms with van der Waals surface area (Å²) < 4.78 is 0.